The maximum absolute atomic E-state index is 13.1. The fourth-order valence-corrected chi connectivity index (χ4v) is 7.27. The van der Waals surface area contributed by atoms with Gasteiger partial charge in [0, 0.05) is 28.1 Å². The van der Waals surface area contributed by atoms with Crippen LogP contribution in [0.2, 0.25) is 0 Å². The number of nitrogens with zero attached hydrogens (tertiary/aromatic N) is 7. The summed E-state index contributed by atoms with van der Waals surface area (Å²) in [6.45, 7) is -0.458. The Labute approximate surface area is 247 Å². The highest BCUT2D eigenvalue weighted by Gasteiger charge is 2.54. The first-order valence-corrected chi connectivity index (χ1v) is 14.6. The maximum Gasteiger partial charge on any atom is 0.376 e. The number of nitrogens with one attached hydrogen (secondary N) is 1. The van der Waals surface area contributed by atoms with Gasteiger partial charge < -0.3 is 37.6 Å². The zero-order valence-corrected chi connectivity index (χ0v) is 23.9. The fourth-order valence-electron chi connectivity index (χ4n) is 4.28. The number of amides is 2. The molecule has 3 aromatic heterocycles. The van der Waals surface area contributed by atoms with E-state index in [4.69, 9.17) is 22.0 Å². The van der Waals surface area contributed by atoms with Gasteiger partial charge in [-0.2, -0.15) is 4.98 Å². The SMILES string of the molecule is CO/N=C(\C(=O)NC1C(=O)N2C(C(=O)O)=C(CSc3nc(N)cc4n3nc(N)[n+]4CC(=O)O)CS[C@H]12)c1csc(N)n1. The first-order chi connectivity index (χ1) is 20.0. The second kappa shape index (κ2) is 11.3. The van der Waals surface area contributed by atoms with Gasteiger partial charge in [-0.15, -0.1) is 23.1 Å². The number of thiazole rings is 1. The zero-order valence-electron chi connectivity index (χ0n) is 21.5. The van der Waals surface area contributed by atoms with E-state index in [9.17, 15) is 29.4 Å². The molecular weight excluding hydrogens is 615 g/mol. The number of rotatable bonds is 10. The molecule has 0 saturated carbocycles. The van der Waals surface area contributed by atoms with Gasteiger partial charge in [-0.3, -0.25) is 14.5 Å². The molecule has 9 N–H and O–H groups in total. The predicted molar refractivity (Wildman–Crippen MR) is 150 cm³/mol. The molecule has 1 unspecified atom stereocenters. The average molecular weight is 637 g/mol. The van der Waals surface area contributed by atoms with Crippen molar-refractivity contribution in [3.63, 3.8) is 0 Å². The predicted octanol–water partition coefficient (Wildman–Crippen LogP) is -1.81. The van der Waals surface area contributed by atoms with Crippen LogP contribution in [-0.4, -0.2) is 94.2 Å². The number of nitrogen functional groups attached to an aromatic ring is 3. The number of fused-ring (bicyclic) bond motifs is 2. The molecule has 3 aromatic rings. The van der Waals surface area contributed by atoms with Crippen LogP contribution in [0.5, 0.6) is 0 Å². The number of aromatic nitrogens is 5. The molecule has 2 atom stereocenters. The topological polar surface area (TPSA) is 271 Å². The molecule has 0 radical (unpaired) electrons. The minimum absolute atomic E-state index is 0.0720. The molecule has 5 heterocycles. The molecule has 21 heteroatoms. The minimum Gasteiger partial charge on any atom is -0.479 e. The lowest BCUT2D eigenvalue weighted by molar-refractivity contribution is -0.646. The van der Waals surface area contributed by atoms with E-state index in [0.717, 1.165) is 28.0 Å². The van der Waals surface area contributed by atoms with Crippen LogP contribution in [0.1, 0.15) is 5.69 Å². The Bertz CT molecular complexity index is 1700. The molecule has 2 aliphatic rings. The molecule has 1 fully saturated rings. The highest BCUT2D eigenvalue weighted by atomic mass is 32.2. The van der Waals surface area contributed by atoms with Crippen LogP contribution >= 0.6 is 34.9 Å². The van der Waals surface area contributed by atoms with E-state index < -0.39 is 41.7 Å². The van der Waals surface area contributed by atoms with E-state index in [2.05, 4.69) is 25.5 Å². The number of hydrogen-bond acceptors (Lipinski definition) is 15. The van der Waals surface area contributed by atoms with Gasteiger partial charge in [-0.1, -0.05) is 21.4 Å². The van der Waals surface area contributed by atoms with E-state index in [1.807, 2.05) is 0 Å². The van der Waals surface area contributed by atoms with Crippen LogP contribution < -0.4 is 27.1 Å². The van der Waals surface area contributed by atoms with E-state index >= 15 is 0 Å². The van der Waals surface area contributed by atoms with E-state index in [1.54, 1.807) is 0 Å². The van der Waals surface area contributed by atoms with Crippen LogP contribution in [0.3, 0.4) is 0 Å². The van der Waals surface area contributed by atoms with Gasteiger partial charge in [-0.25, -0.2) is 19.1 Å². The van der Waals surface area contributed by atoms with E-state index in [-0.39, 0.29) is 56.3 Å². The van der Waals surface area contributed by atoms with Gasteiger partial charge >= 0.3 is 17.9 Å². The molecular formula is C21H22N11O7S3+. The third kappa shape index (κ3) is 5.23. The minimum atomic E-state index is -1.32. The molecule has 220 valence electrons. The number of carbonyl (C=O) groups excluding carboxylic acids is 2. The largest absolute Gasteiger partial charge is 0.479 e. The lowest BCUT2D eigenvalue weighted by Crippen LogP contribution is -2.71. The average Bonchev–Trinajstić information content (AvgIpc) is 3.50. The van der Waals surface area contributed by atoms with E-state index in [0.29, 0.717) is 5.57 Å². The molecule has 2 aliphatic heterocycles. The molecule has 0 aromatic carbocycles. The summed E-state index contributed by atoms with van der Waals surface area (Å²) in [5.41, 5.74) is 17.9. The number of nitrogens with two attached hydrogens (primary N) is 3. The second-order valence-electron chi connectivity index (χ2n) is 8.67. The number of carboxylic acids is 2. The summed E-state index contributed by atoms with van der Waals surface area (Å²) in [5, 5.41) is 30.9. The molecule has 0 spiro atoms. The van der Waals surface area contributed by atoms with Crippen LogP contribution in [0, 0.1) is 0 Å². The third-order valence-electron chi connectivity index (χ3n) is 6.02. The molecule has 18 nitrogen and oxygen atoms in total. The van der Waals surface area contributed by atoms with Crippen LogP contribution in [0.25, 0.3) is 5.65 Å². The van der Waals surface area contributed by atoms with E-state index in [1.165, 1.54) is 39.4 Å². The quantitative estimate of drug-likeness (QED) is 0.0357. The normalized spacial score (nSPS) is 18.5. The van der Waals surface area contributed by atoms with Crippen molar-refractivity contribution in [2.45, 2.75) is 23.1 Å². The summed E-state index contributed by atoms with van der Waals surface area (Å²) in [4.78, 5) is 63.8. The summed E-state index contributed by atoms with van der Waals surface area (Å²) in [5.74, 6) is -3.51. The van der Waals surface area contributed by atoms with Crippen molar-refractivity contribution in [3.05, 3.63) is 28.4 Å². The first kappa shape index (κ1) is 28.9. The maximum atomic E-state index is 13.1. The lowest BCUT2D eigenvalue weighted by Gasteiger charge is -2.49. The highest BCUT2D eigenvalue weighted by Crippen LogP contribution is 2.41. The van der Waals surface area contributed by atoms with Crippen LogP contribution in [-0.2, 0) is 30.6 Å². The Morgan fingerprint density at radius 1 is 1.29 bits per heavy atom. The Hall–Kier alpha value is -4.63. The standard InChI is InChI=1S/C21H21N11O7S3/c1-39-29-12(8-6-41-20(24)25-8)15(35)27-13-16(36)31-14(18(37)38)7(4-40-17(13)31)5-42-21-26-9(22)2-10-30(3-11(33)34)19(23)28-32(10)21/h2,6,13,17,22H,3-5H2,1H3,(H7,23,24,25,27,28,33,34,35,37,38)/p+1/b29-12-/t13?,17-/m1/s1. The number of carbonyl (C=O) groups is 4. The van der Waals surface area contributed by atoms with Crippen LogP contribution in [0.15, 0.2) is 33.0 Å². The summed E-state index contributed by atoms with van der Waals surface area (Å²) in [7, 11) is 1.25. The highest BCUT2D eigenvalue weighted by molar-refractivity contribution is 8.01. The molecule has 0 aliphatic carbocycles. The van der Waals surface area contributed by atoms with Gasteiger partial charge in [0.15, 0.2) is 17.4 Å². The Kier molecular flexibility index (Phi) is 7.79. The van der Waals surface area contributed by atoms with Gasteiger partial charge in [0.1, 0.15) is 35.7 Å². The second-order valence-corrected chi connectivity index (χ2v) is 11.6. The van der Waals surface area contributed by atoms with Crippen molar-refractivity contribution in [2.75, 3.05) is 35.8 Å². The van der Waals surface area contributed by atoms with Crippen molar-refractivity contribution in [3.8, 4) is 0 Å². The number of β-lactam (4-membered cyclic amide) rings is 1. The first-order valence-electron chi connectivity index (χ1n) is 11.7. The van der Waals surface area contributed by atoms with Gasteiger partial charge in [0.05, 0.1) is 0 Å². The van der Waals surface area contributed by atoms with Crippen molar-refractivity contribution in [1.82, 2.24) is 29.8 Å². The van der Waals surface area contributed by atoms with Gasteiger partial charge in [-0.05, 0) is 5.57 Å². The fraction of sp³-hybridized carbons (Fsp3) is 0.286. The molecule has 2 amide bonds. The molecule has 1 saturated heterocycles. The van der Waals surface area contributed by atoms with Gasteiger partial charge in [0.2, 0.25) is 10.8 Å². The number of thioether (sulfide) groups is 2. The summed E-state index contributed by atoms with van der Waals surface area (Å²) in [6.07, 6.45) is 0. The molecule has 0 bridgehead atoms. The zero-order chi connectivity index (χ0) is 30.3. The number of carboxylic acid groups (broad SMARTS) is 2. The number of aliphatic carboxylic acids is 2. The van der Waals surface area contributed by atoms with Crippen LogP contribution in [0.4, 0.5) is 16.9 Å². The van der Waals surface area contributed by atoms with Gasteiger partial charge in [0.25, 0.3) is 11.8 Å². The van der Waals surface area contributed by atoms with Crippen molar-refractivity contribution < 1.29 is 38.8 Å². The third-order valence-corrected chi connectivity index (χ3v) is 9.05. The molecule has 42 heavy (non-hydrogen) atoms. The summed E-state index contributed by atoms with van der Waals surface area (Å²) < 4.78 is 2.56. The monoisotopic (exact) mass is 636 g/mol. The van der Waals surface area contributed by atoms with Crippen molar-refractivity contribution >= 4 is 86.9 Å². The smallest absolute Gasteiger partial charge is 0.376 e. The molecule has 5 rings (SSSR count). The lowest BCUT2D eigenvalue weighted by atomic mass is 10.0. The Balaban J connectivity index is 1.36. The Morgan fingerprint density at radius 3 is 2.69 bits per heavy atom. The number of hydrogen-bond donors (Lipinski definition) is 6. The number of oxime groups is 1. The number of anilines is 3. The summed E-state index contributed by atoms with van der Waals surface area (Å²) >= 11 is 3.45. The van der Waals surface area contributed by atoms with Crippen molar-refractivity contribution in [2.24, 2.45) is 5.16 Å². The summed E-state index contributed by atoms with van der Waals surface area (Å²) in [6, 6.07) is 0.398. The Morgan fingerprint density at radius 2 is 2.05 bits per heavy atom. The van der Waals surface area contributed by atoms with Crippen molar-refractivity contribution in [1.29, 1.82) is 0 Å².